The third kappa shape index (κ3) is 4.23. The van der Waals surface area contributed by atoms with Gasteiger partial charge >= 0.3 is 0 Å². The number of thioether (sulfide) groups is 1. The predicted molar refractivity (Wildman–Crippen MR) is 119 cm³/mol. The van der Waals surface area contributed by atoms with Gasteiger partial charge in [-0.3, -0.25) is 9.36 Å². The maximum Gasteiger partial charge on any atom is 0.234 e. The molecule has 148 valence electrons. The number of fused-ring (bicyclic) bond motifs is 1. The number of aromatic nitrogens is 3. The van der Waals surface area contributed by atoms with Crippen molar-refractivity contribution in [3.8, 4) is 11.6 Å². The Bertz CT molecular complexity index is 1160. The van der Waals surface area contributed by atoms with Gasteiger partial charge in [0.25, 0.3) is 0 Å². The number of hydrogen-bond acceptors (Lipinski definition) is 5. The van der Waals surface area contributed by atoms with Crippen molar-refractivity contribution < 1.29 is 9.21 Å². The average Bonchev–Trinajstić information content (AvgIpc) is 3.32. The number of benzene rings is 2. The van der Waals surface area contributed by atoms with Gasteiger partial charge in [-0.05, 0) is 53.4 Å². The molecule has 4 aromatic rings. The van der Waals surface area contributed by atoms with Crippen LogP contribution in [0.1, 0.15) is 19.9 Å². The van der Waals surface area contributed by atoms with Gasteiger partial charge in [0, 0.05) is 17.1 Å². The molecule has 2 heterocycles. The maximum absolute atomic E-state index is 12.6. The van der Waals surface area contributed by atoms with Crippen molar-refractivity contribution in [1.82, 2.24) is 14.8 Å². The molecule has 0 unspecified atom stereocenters. The van der Waals surface area contributed by atoms with E-state index < -0.39 is 0 Å². The molecule has 1 N–H and O–H groups in total. The molecule has 0 atom stereocenters. The summed E-state index contributed by atoms with van der Waals surface area (Å²) in [7, 11) is 0. The lowest BCUT2D eigenvalue weighted by Crippen LogP contribution is -2.15. The Balaban J connectivity index is 1.50. The minimum Gasteiger partial charge on any atom is -0.446 e. The van der Waals surface area contributed by atoms with Gasteiger partial charge in [-0.25, -0.2) is 0 Å². The van der Waals surface area contributed by atoms with E-state index in [0.29, 0.717) is 21.4 Å². The molecular weight excluding hydrogens is 452 g/mol. The molecule has 0 fully saturated rings. The Kier molecular flexibility index (Phi) is 5.73. The van der Waals surface area contributed by atoms with Crippen molar-refractivity contribution in [3.63, 3.8) is 0 Å². The minimum atomic E-state index is -0.0908. The van der Waals surface area contributed by atoms with E-state index in [4.69, 9.17) is 4.42 Å². The molecule has 29 heavy (non-hydrogen) atoms. The molecule has 0 bridgehead atoms. The molecule has 2 aromatic heterocycles. The Morgan fingerprint density at radius 1 is 1.14 bits per heavy atom. The number of anilines is 1. The molecular formula is C21H19BrN4O2S. The van der Waals surface area contributed by atoms with Crippen LogP contribution in [0.3, 0.4) is 0 Å². The minimum absolute atomic E-state index is 0.0908. The zero-order chi connectivity index (χ0) is 20.4. The molecule has 6 nitrogen and oxygen atoms in total. The molecule has 2 aromatic carbocycles. The molecule has 0 spiro atoms. The van der Waals surface area contributed by atoms with Crippen molar-refractivity contribution in [1.29, 1.82) is 0 Å². The molecule has 4 rings (SSSR count). The van der Waals surface area contributed by atoms with E-state index in [9.17, 15) is 4.79 Å². The van der Waals surface area contributed by atoms with Crippen LogP contribution in [0, 0.1) is 0 Å². The summed E-state index contributed by atoms with van der Waals surface area (Å²) >= 11 is 4.67. The van der Waals surface area contributed by atoms with Crippen molar-refractivity contribution in [2.75, 3.05) is 11.1 Å². The van der Waals surface area contributed by atoms with Crippen LogP contribution in [0.5, 0.6) is 0 Å². The smallest absolute Gasteiger partial charge is 0.234 e. The van der Waals surface area contributed by atoms with Crippen molar-refractivity contribution in [2.45, 2.75) is 25.0 Å². The highest BCUT2D eigenvalue weighted by atomic mass is 79.9. The molecule has 0 radical (unpaired) electrons. The van der Waals surface area contributed by atoms with Crippen LogP contribution in [0.15, 0.2) is 68.8 Å². The number of nitrogens with one attached hydrogen (secondary N) is 1. The molecule has 0 aliphatic heterocycles. The lowest BCUT2D eigenvalue weighted by Gasteiger charge is -2.13. The van der Waals surface area contributed by atoms with Gasteiger partial charge in [-0.2, -0.15) is 0 Å². The second kappa shape index (κ2) is 8.42. The number of carbonyl (C=O) groups is 1. The first-order valence-corrected chi connectivity index (χ1v) is 10.9. The third-order valence-corrected chi connectivity index (χ3v) is 5.74. The summed E-state index contributed by atoms with van der Waals surface area (Å²) in [6, 6.07) is 17.6. The summed E-state index contributed by atoms with van der Waals surface area (Å²) in [5.41, 5.74) is 0.806. The normalized spacial score (nSPS) is 11.3. The molecule has 0 saturated heterocycles. The standard InChI is InChI=1S/C21H19BrN4O2S/c1-13(2)26-20(17-10-11-18(22)28-17)24-25-21(26)29-12-19(27)23-16-9-5-7-14-6-3-4-8-15(14)16/h3-11,13H,12H2,1-2H3,(H,23,27). The Labute approximate surface area is 180 Å². The summed E-state index contributed by atoms with van der Waals surface area (Å²) in [5.74, 6) is 1.41. The topological polar surface area (TPSA) is 73.0 Å². The summed E-state index contributed by atoms with van der Waals surface area (Å²) in [5, 5.41) is 14.3. The molecule has 1 amide bonds. The molecule has 0 saturated carbocycles. The van der Waals surface area contributed by atoms with E-state index in [-0.39, 0.29) is 17.7 Å². The molecule has 0 aliphatic rings. The number of carbonyl (C=O) groups excluding carboxylic acids is 1. The maximum atomic E-state index is 12.6. The lowest BCUT2D eigenvalue weighted by atomic mass is 10.1. The zero-order valence-electron chi connectivity index (χ0n) is 15.9. The number of rotatable bonds is 6. The van der Waals surface area contributed by atoms with Gasteiger partial charge in [0.15, 0.2) is 15.6 Å². The summed E-state index contributed by atoms with van der Waals surface area (Å²) < 4.78 is 8.23. The van der Waals surface area contributed by atoms with Crippen LogP contribution < -0.4 is 5.32 Å². The van der Waals surface area contributed by atoms with Crippen LogP contribution in [0.25, 0.3) is 22.4 Å². The zero-order valence-corrected chi connectivity index (χ0v) is 18.3. The van der Waals surface area contributed by atoms with Gasteiger partial charge in [0.1, 0.15) is 0 Å². The van der Waals surface area contributed by atoms with E-state index in [0.717, 1.165) is 16.5 Å². The van der Waals surface area contributed by atoms with Gasteiger partial charge in [-0.1, -0.05) is 48.2 Å². The first kappa shape index (κ1) is 19.7. The molecule has 0 aliphatic carbocycles. The second-order valence-electron chi connectivity index (χ2n) is 6.74. The fourth-order valence-electron chi connectivity index (χ4n) is 3.09. The van der Waals surface area contributed by atoms with Crippen LogP contribution in [0.4, 0.5) is 5.69 Å². The van der Waals surface area contributed by atoms with Crippen LogP contribution in [0.2, 0.25) is 0 Å². The van der Waals surface area contributed by atoms with E-state index in [1.165, 1.54) is 11.8 Å². The SMILES string of the molecule is CC(C)n1c(SCC(=O)Nc2cccc3ccccc23)nnc1-c1ccc(Br)o1. The highest BCUT2D eigenvalue weighted by Crippen LogP contribution is 2.30. The van der Waals surface area contributed by atoms with Crippen molar-refractivity contribution in [3.05, 3.63) is 59.3 Å². The fraction of sp³-hybridized carbons (Fsp3) is 0.190. The first-order chi connectivity index (χ1) is 14.0. The number of hydrogen-bond donors (Lipinski definition) is 1. The third-order valence-electron chi connectivity index (χ3n) is 4.37. The Morgan fingerprint density at radius 2 is 1.93 bits per heavy atom. The largest absolute Gasteiger partial charge is 0.446 e. The van der Waals surface area contributed by atoms with Crippen LogP contribution in [-0.4, -0.2) is 26.4 Å². The van der Waals surface area contributed by atoms with Crippen molar-refractivity contribution in [2.24, 2.45) is 0 Å². The van der Waals surface area contributed by atoms with Crippen molar-refractivity contribution >= 4 is 50.1 Å². The summed E-state index contributed by atoms with van der Waals surface area (Å²) in [6.45, 7) is 4.09. The van der Waals surface area contributed by atoms with E-state index >= 15 is 0 Å². The predicted octanol–water partition coefficient (Wildman–Crippen LogP) is 5.77. The number of furan rings is 1. The molecule has 8 heteroatoms. The number of halogens is 1. The average molecular weight is 471 g/mol. The van der Waals surface area contributed by atoms with Crippen LogP contribution >= 0.6 is 27.7 Å². The number of amides is 1. The number of nitrogens with zero attached hydrogens (tertiary/aromatic N) is 3. The highest BCUT2D eigenvalue weighted by molar-refractivity contribution is 9.10. The van der Waals surface area contributed by atoms with Gasteiger partial charge in [0.2, 0.25) is 11.7 Å². The second-order valence-corrected chi connectivity index (χ2v) is 8.46. The monoisotopic (exact) mass is 470 g/mol. The quantitative estimate of drug-likeness (QED) is 0.362. The van der Waals surface area contributed by atoms with Gasteiger partial charge in [0.05, 0.1) is 5.75 Å². The fourth-order valence-corrected chi connectivity index (χ4v) is 4.27. The highest BCUT2D eigenvalue weighted by Gasteiger charge is 2.20. The van der Waals surface area contributed by atoms with Gasteiger partial charge in [-0.15, -0.1) is 10.2 Å². The van der Waals surface area contributed by atoms with E-state index in [2.05, 4.69) is 31.4 Å². The van der Waals surface area contributed by atoms with Gasteiger partial charge < -0.3 is 9.73 Å². The Morgan fingerprint density at radius 3 is 2.69 bits per heavy atom. The summed E-state index contributed by atoms with van der Waals surface area (Å²) in [4.78, 5) is 12.6. The summed E-state index contributed by atoms with van der Waals surface area (Å²) in [6.07, 6.45) is 0. The lowest BCUT2D eigenvalue weighted by molar-refractivity contribution is -0.113. The van der Waals surface area contributed by atoms with E-state index in [1.807, 2.05) is 73.0 Å². The first-order valence-electron chi connectivity index (χ1n) is 9.14. The van der Waals surface area contributed by atoms with Crippen LogP contribution in [-0.2, 0) is 4.79 Å². The Hall–Kier alpha value is -2.58. The van der Waals surface area contributed by atoms with E-state index in [1.54, 1.807) is 0 Å².